The van der Waals surface area contributed by atoms with Crippen LogP contribution in [0.5, 0.6) is 5.75 Å². The van der Waals surface area contributed by atoms with Gasteiger partial charge in [0, 0.05) is 0 Å². The number of imide groups is 1. The van der Waals surface area contributed by atoms with Crippen LogP contribution in [-0.4, -0.2) is 49.3 Å². The molecule has 3 rings (SSSR count). The van der Waals surface area contributed by atoms with E-state index >= 15 is 0 Å². The predicted octanol–water partition coefficient (Wildman–Crippen LogP) is 0.0755. The van der Waals surface area contributed by atoms with Crippen molar-refractivity contribution in [2.24, 2.45) is 5.10 Å². The van der Waals surface area contributed by atoms with Gasteiger partial charge in [0.2, 0.25) is 5.91 Å². The highest BCUT2D eigenvalue weighted by atomic mass is 32.2. The molecule has 1 saturated heterocycles. The van der Waals surface area contributed by atoms with Crippen LogP contribution in [0.3, 0.4) is 0 Å². The first-order valence-electron chi connectivity index (χ1n) is 7.96. The molecule has 1 fully saturated rings. The first-order valence-corrected chi connectivity index (χ1v) is 8.84. The molecule has 2 aromatic rings. The van der Waals surface area contributed by atoms with Gasteiger partial charge >= 0.3 is 5.97 Å². The predicted molar refractivity (Wildman–Crippen MR) is 97.4 cm³/mol. The van der Waals surface area contributed by atoms with E-state index in [9.17, 15) is 19.2 Å². The van der Waals surface area contributed by atoms with Gasteiger partial charge in [-0.15, -0.1) is 0 Å². The summed E-state index contributed by atoms with van der Waals surface area (Å²) in [6.45, 7) is -0.00483. The van der Waals surface area contributed by atoms with Crippen LogP contribution in [-0.2, 0) is 20.9 Å². The molecule has 0 saturated carbocycles. The molecule has 0 aliphatic carbocycles. The Morgan fingerprint density at radius 1 is 1.32 bits per heavy atom. The summed E-state index contributed by atoms with van der Waals surface area (Å²) in [4.78, 5) is 49.8. The Morgan fingerprint density at radius 2 is 2.11 bits per heavy atom. The van der Waals surface area contributed by atoms with Crippen molar-refractivity contribution in [1.82, 2.24) is 25.5 Å². The summed E-state index contributed by atoms with van der Waals surface area (Å²) in [5, 5.41) is 8.50. The lowest BCUT2D eigenvalue weighted by atomic mass is 10.2. The number of rotatable bonds is 7. The molecule has 1 aliphatic rings. The second-order valence-corrected chi connectivity index (χ2v) is 6.69. The van der Waals surface area contributed by atoms with Crippen molar-refractivity contribution in [2.45, 2.75) is 18.2 Å². The summed E-state index contributed by atoms with van der Waals surface area (Å²) in [6, 6.07) is 6.36. The molecule has 3 amide bonds. The Morgan fingerprint density at radius 3 is 2.75 bits per heavy atom. The highest BCUT2D eigenvalue weighted by molar-refractivity contribution is 8.15. The highest BCUT2D eigenvalue weighted by Gasteiger charge is 2.33. The van der Waals surface area contributed by atoms with Crippen LogP contribution in [0.25, 0.3) is 0 Å². The van der Waals surface area contributed by atoms with Crippen molar-refractivity contribution in [3.05, 3.63) is 42.5 Å². The van der Waals surface area contributed by atoms with Crippen molar-refractivity contribution < 1.29 is 23.9 Å². The van der Waals surface area contributed by atoms with E-state index in [0.717, 1.165) is 11.8 Å². The first kappa shape index (κ1) is 19.2. The topological polar surface area (TPSA) is 145 Å². The lowest BCUT2D eigenvalue weighted by Crippen LogP contribution is -2.27. The smallest absolute Gasteiger partial charge is 0.312 e. The average Bonchev–Trinajstić information content (AvgIpc) is 3.26. The zero-order chi connectivity index (χ0) is 19.9. The molecule has 1 aromatic carbocycles. The molecule has 0 spiro atoms. The van der Waals surface area contributed by atoms with E-state index in [1.807, 2.05) is 0 Å². The van der Waals surface area contributed by atoms with Crippen LogP contribution in [0, 0.1) is 0 Å². The SMILES string of the molecule is O=C(Cn1cncn1)N/N=C/c1ccc(OC(=O)C[C@H]2SC(=O)NC2=O)cc1. The van der Waals surface area contributed by atoms with Crippen LogP contribution < -0.4 is 15.5 Å². The molecule has 0 unspecified atom stereocenters. The average molecular weight is 402 g/mol. The maximum Gasteiger partial charge on any atom is 0.312 e. The molecule has 144 valence electrons. The molecule has 2 heterocycles. The number of hydrogen-bond donors (Lipinski definition) is 2. The van der Waals surface area contributed by atoms with Gasteiger partial charge < -0.3 is 4.74 Å². The number of aromatic nitrogens is 3. The van der Waals surface area contributed by atoms with E-state index in [0.29, 0.717) is 5.56 Å². The molecule has 1 aromatic heterocycles. The minimum absolute atomic E-state index is 0.00483. The van der Waals surface area contributed by atoms with Crippen molar-refractivity contribution in [2.75, 3.05) is 0 Å². The minimum atomic E-state index is -0.771. The van der Waals surface area contributed by atoms with Crippen LogP contribution >= 0.6 is 11.8 Å². The Hall–Kier alpha value is -3.54. The standard InChI is InChI=1S/C16H14N6O5S/c23-13(7-22-9-17-8-19-22)21-18-6-10-1-3-11(4-2-10)27-14(24)5-12-15(25)20-16(26)28-12/h1-4,6,8-9,12H,5,7H2,(H,21,23)(H,20,25,26)/b18-6+/t12-/m1/s1. The number of benzene rings is 1. The zero-order valence-corrected chi connectivity index (χ0v) is 15.1. The Labute approximate surface area is 162 Å². The van der Waals surface area contributed by atoms with E-state index in [2.05, 4.69) is 25.9 Å². The van der Waals surface area contributed by atoms with Crippen molar-refractivity contribution >= 4 is 41.0 Å². The number of carbonyl (C=O) groups excluding carboxylic acids is 4. The first-order chi connectivity index (χ1) is 13.5. The number of amides is 3. The maximum absolute atomic E-state index is 11.9. The third-order valence-electron chi connectivity index (χ3n) is 3.41. The van der Waals surface area contributed by atoms with E-state index in [4.69, 9.17) is 4.74 Å². The molecule has 2 N–H and O–H groups in total. The van der Waals surface area contributed by atoms with E-state index in [-0.39, 0.29) is 24.6 Å². The highest BCUT2D eigenvalue weighted by Crippen LogP contribution is 2.23. The van der Waals surface area contributed by atoms with Crippen LogP contribution in [0.1, 0.15) is 12.0 Å². The number of thioether (sulfide) groups is 1. The molecular weight excluding hydrogens is 388 g/mol. The summed E-state index contributed by atoms with van der Waals surface area (Å²) in [5.41, 5.74) is 3.02. The fraction of sp³-hybridized carbons (Fsp3) is 0.188. The quantitative estimate of drug-likeness (QED) is 0.287. The number of hydrogen-bond acceptors (Lipinski definition) is 9. The lowest BCUT2D eigenvalue weighted by Gasteiger charge is -2.06. The van der Waals surface area contributed by atoms with Gasteiger partial charge in [-0.2, -0.15) is 10.2 Å². The molecule has 1 atom stereocenters. The van der Waals surface area contributed by atoms with E-state index < -0.39 is 22.4 Å². The third kappa shape index (κ3) is 5.48. The molecule has 12 heteroatoms. The fourth-order valence-corrected chi connectivity index (χ4v) is 2.95. The second-order valence-electron chi connectivity index (χ2n) is 5.52. The number of nitrogens with one attached hydrogen (secondary N) is 2. The molecule has 0 bridgehead atoms. The fourth-order valence-electron chi connectivity index (χ4n) is 2.15. The largest absolute Gasteiger partial charge is 0.426 e. The van der Waals surface area contributed by atoms with Crippen molar-refractivity contribution in [3.63, 3.8) is 0 Å². The summed E-state index contributed by atoms with van der Waals surface area (Å²) < 4.78 is 6.50. The number of ether oxygens (including phenoxy) is 1. The van der Waals surface area contributed by atoms with E-state index in [1.54, 1.807) is 24.3 Å². The summed E-state index contributed by atoms with van der Waals surface area (Å²) >= 11 is 0.766. The monoisotopic (exact) mass is 402 g/mol. The summed E-state index contributed by atoms with van der Waals surface area (Å²) in [5.74, 6) is -1.19. The minimum Gasteiger partial charge on any atom is -0.426 e. The molecule has 28 heavy (non-hydrogen) atoms. The second kappa shape index (κ2) is 8.90. The van der Waals surface area contributed by atoms with Crippen molar-refractivity contribution in [3.8, 4) is 5.75 Å². The lowest BCUT2D eigenvalue weighted by molar-refractivity contribution is -0.135. The van der Waals surface area contributed by atoms with E-state index in [1.165, 1.54) is 23.6 Å². The number of esters is 1. The van der Waals surface area contributed by atoms with Crippen LogP contribution in [0.4, 0.5) is 4.79 Å². The Balaban J connectivity index is 1.45. The number of carbonyl (C=O) groups is 4. The van der Waals surface area contributed by atoms with Gasteiger partial charge in [0.1, 0.15) is 30.2 Å². The van der Waals surface area contributed by atoms with Gasteiger partial charge in [-0.1, -0.05) is 11.8 Å². The Kier molecular flexibility index (Phi) is 6.11. The zero-order valence-electron chi connectivity index (χ0n) is 14.3. The van der Waals surface area contributed by atoms with Gasteiger partial charge in [0.05, 0.1) is 12.6 Å². The van der Waals surface area contributed by atoms with Gasteiger partial charge in [0.15, 0.2) is 0 Å². The summed E-state index contributed by atoms with van der Waals surface area (Å²) in [6.07, 6.45) is 3.96. The maximum atomic E-state index is 11.9. The Bertz CT molecular complexity index is 912. The molecule has 0 radical (unpaired) electrons. The van der Waals surface area contributed by atoms with Gasteiger partial charge in [-0.3, -0.25) is 24.5 Å². The number of nitrogens with zero attached hydrogens (tertiary/aromatic N) is 4. The van der Waals surface area contributed by atoms with Gasteiger partial charge in [-0.25, -0.2) is 15.1 Å². The van der Waals surface area contributed by atoms with Crippen molar-refractivity contribution in [1.29, 1.82) is 0 Å². The summed E-state index contributed by atoms with van der Waals surface area (Å²) in [7, 11) is 0. The van der Waals surface area contributed by atoms with Gasteiger partial charge in [0.25, 0.3) is 11.1 Å². The molecule has 11 nitrogen and oxygen atoms in total. The molecular formula is C16H14N6O5S. The van der Waals surface area contributed by atoms with Crippen LogP contribution in [0.15, 0.2) is 42.0 Å². The normalized spacial score (nSPS) is 16.2. The molecule has 1 aliphatic heterocycles. The number of hydrazone groups is 1. The van der Waals surface area contributed by atoms with Crippen LogP contribution in [0.2, 0.25) is 0 Å². The van der Waals surface area contributed by atoms with Gasteiger partial charge in [-0.05, 0) is 29.8 Å². The third-order valence-corrected chi connectivity index (χ3v) is 4.39.